The summed E-state index contributed by atoms with van der Waals surface area (Å²) in [5.74, 6) is -7.15. The lowest BCUT2D eigenvalue weighted by Crippen LogP contribution is -2.09. The first kappa shape index (κ1) is 15.3. The molecule has 0 aliphatic rings. The zero-order valence-corrected chi connectivity index (χ0v) is 12.1. The van der Waals surface area contributed by atoms with Gasteiger partial charge in [-0.15, -0.1) is 0 Å². The largest absolute Gasteiger partial charge is 0.436 e. The summed E-state index contributed by atoms with van der Waals surface area (Å²) < 4.78 is 60.7. The number of nitrogens with one attached hydrogen (secondary N) is 1. The van der Waals surface area contributed by atoms with Gasteiger partial charge in [0.05, 0.1) is 5.69 Å². The molecule has 2 aromatic carbocycles. The summed E-state index contributed by atoms with van der Waals surface area (Å²) in [7, 11) is 0. The molecular weight excluding hydrogens is 312 g/mol. The van der Waals surface area contributed by atoms with Gasteiger partial charge in [-0.3, -0.25) is 0 Å². The van der Waals surface area contributed by atoms with Crippen molar-refractivity contribution in [3.8, 4) is 11.5 Å². The second kappa shape index (κ2) is 5.91. The van der Waals surface area contributed by atoms with Gasteiger partial charge in [0.2, 0.25) is 5.89 Å². The van der Waals surface area contributed by atoms with Gasteiger partial charge in [-0.1, -0.05) is 19.1 Å². The number of oxazole rings is 1. The molecule has 7 heteroatoms. The monoisotopic (exact) mass is 324 g/mol. The quantitative estimate of drug-likeness (QED) is 0.422. The Bertz CT molecular complexity index is 843. The molecule has 0 saturated heterocycles. The van der Waals surface area contributed by atoms with E-state index in [0.29, 0.717) is 17.5 Å². The fraction of sp³-hybridized carbons (Fsp3) is 0.188. The number of hydrogen-bond donors (Lipinski definition) is 1. The fourth-order valence-corrected chi connectivity index (χ4v) is 2.23. The van der Waals surface area contributed by atoms with Gasteiger partial charge in [-0.2, -0.15) is 0 Å². The van der Waals surface area contributed by atoms with Crippen LogP contribution in [0.5, 0.6) is 0 Å². The first-order valence-corrected chi connectivity index (χ1v) is 7.00. The lowest BCUT2D eigenvalue weighted by molar-refractivity contribution is 0.410. The third kappa shape index (κ3) is 2.52. The minimum Gasteiger partial charge on any atom is -0.436 e. The van der Waals surface area contributed by atoms with Crippen molar-refractivity contribution in [1.82, 2.24) is 4.98 Å². The molecule has 0 aliphatic heterocycles. The first-order valence-electron chi connectivity index (χ1n) is 7.00. The SMILES string of the molecule is CCCNc1c(F)c(F)c(F)c(F)c1-c1nc2ccccc2o1. The van der Waals surface area contributed by atoms with Gasteiger partial charge in [0.25, 0.3) is 0 Å². The van der Waals surface area contributed by atoms with Gasteiger partial charge in [-0.25, -0.2) is 22.5 Å². The number of anilines is 1. The highest BCUT2D eigenvalue weighted by atomic mass is 19.2. The minimum atomic E-state index is -1.90. The number of nitrogens with zero attached hydrogens (tertiary/aromatic N) is 1. The highest BCUT2D eigenvalue weighted by molar-refractivity contribution is 5.81. The maximum atomic E-state index is 14.2. The van der Waals surface area contributed by atoms with E-state index in [-0.39, 0.29) is 12.4 Å². The standard InChI is InChI=1S/C16H12F4N2O/c1-2-7-21-15-10(11(17)12(18)13(19)14(15)20)16-22-8-5-3-4-6-9(8)23-16/h3-6,21H,2,7H2,1H3. The van der Waals surface area contributed by atoms with Gasteiger partial charge < -0.3 is 9.73 Å². The zero-order chi connectivity index (χ0) is 16.6. The van der Waals surface area contributed by atoms with E-state index < -0.39 is 34.5 Å². The Hall–Kier alpha value is -2.57. The molecular formula is C16H12F4N2O. The summed E-state index contributed by atoms with van der Waals surface area (Å²) in [5, 5.41) is 2.56. The number of aromatic nitrogens is 1. The molecule has 1 heterocycles. The smallest absolute Gasteiger partial charge is 0.232 e. The summed E-state index contributed by atoms with van der Waals surface area (Å²) in [4.78, 5) is 4.02. The Balaban J connectivity index is 2.27. The number of rotatable bonds is 4. The van der Waals surface area contributed by atoms with Gasteiger partial charge in [0.15, 0.2) is 28.9 Å². The molecule has 1 aromatic heterocycles. The molecule has 0 spiro atoms. The molecule has 3 rings (SSSR count). The number of benzene rings is 2. The van der Waals surface area contributed by atoms with Gasteiger partial charge in [0, 0.05) is 6.54 Å². The van der Waals surface area contributed by atoms with Crippen LogP contribution in [0.2, 0.25) is 0 Å². The maximum Gasteiger partial charge on any atom is 0.232 e. The average molecular weight is 324 g/mol. The number of hydrogen-bond acceptors (Lipinski definition) is 3. The van der Waals surface area contributed by atoms with Crippen molar-refractivity contribution in [2.75, 3.05) is 11.9 Å². The van der Waals surface area contributed by atoms with Crippen molar-refractivity contribution >= 4 is 16.8 Å². The summed E-state index contributed by atoms with van der Waals surface area (Å²) >= 11 is 0. The zero-order valence-electron chi connectivity index (χ0n) is 12.1. The van der Waals surface area contributed by atoms with Crippen molar-refractivity contribution in [3.05, 3.63) is 47.5 Å². The topological polar surface area (TPSA) is 38.1 Å². The molecule has 0 atom stereocenters. The van der Waals surface area contributed by atoms with Crippen LogP contribution in [0.25, 0.3) is 22.6 Å². The Morgan fingerprint density at radius 1 is 1.00 bits per heavy atom. The van der Waals surface area contributed by atoms with E-state index in [1.54, 1.807) is 31.2 Å². The second-order valence-corrected chi connectivity index (χ2v) is 4.92. The van der Waals surface area contributed by atoms with Crippen LogP contribution in [0.1, 0.15) is 13.3 Å². The van der Waals surface area contributed by atoms with Crippen LogP contribution >= 0.6 is 0 Å². The molecule has 0 saturated carbocycles. The highest BCUT2D eigenvalue weighted by Crippen LogP contribution is 2.37. The van der Waals surface area contributed by atoms with Gasteiger partial charge >= 0.3 is 0 Å². The first-order chi connectivity index (χ1) is 11.0. The van der Waals surface area contributed by atoms with Crippen molar-refractivity contribution in [3.63, 3.8) is 0 Å². The van der Waals surface area contributed by atoms with Crippen molar-refractivity contribution in [2.24, 2.45) is 0 Å². The fourth-order valence-electron chi connectivity index (χ4n) is 2.23. The minimum absolute atomic E-state index is 0.245. The summed E-state index contributed by atoms with van der Waals surface area (Å²) in [6.45, 7) is 2.04. The lowest BCUT2D eigenvalue weighted by atomic mass is 10.1. The summed E-state index contributed by atoms with van der Waals surface area (Å²) in [5.41, 5.74) is -0.345. The Morgan fingerprint density at radius 3 is 2.39 bits per heavy atom. The Kier molecular flexibility index (Phi) is 3.94. The summed E-state index contributed by atoms with van der Waals surface area (Å²) in [6, 6.07) is 6.55. The van der Waals surface area contributed by atoms with Crippen LogP contribution in [0.15, 0.2) is 28.7 Å². The predicted molar refractivity (Wildman–Crippen MR) is 78.1 cm³/mol. The molecule has 0 unspecified atom stereocenters. The predicted octanol–water partition coefficient (Wildman–Crippen LogP) is 4.87. The van der Waals surface area contributed by atoms with E-state index >= 15 is 0 Å². The normalized spacial score (nSPS) is 11.2. The van der Waals surface area contributed by atoms with Gasteiger partial charge in [0.1, 0.15) is 11.1 Å². The van der Waals surface area contributed by atoms with Crippen LogP contribution in [-0.4, -0.2) is 11.5 Å². The van der Waals surface area contributed by atoms with Crippen molar-refractivity contribution < 1.29 is 22.0 Å². The molecule has 0 amide bonds. The molecule has 0 aliphatic carbocycles. The number of halogens is 4. The third-order valence-electron chi connectivity index (χ3n) is 3.33. The Morgan fingerprint density at radius 2 is 1.70 bits per heavy atom. The number of fused-ring (bicyclic) bond motifs is 1. The molecule has 3 nitrogen and oxygen atoms in total. The van der Waals surface area contributed by atoms with E-state index in [0.717, 1.165) is 0 Å². The van der Waals surface area contributed by atoms with Crippen LogP contribution in [0.3, 0.4) is 0 Å². The summed E-state index contributed by atoms with van der Waals surface area (Å²) in [6.07, 6.45) is 0.576. The molecule has 120 valence electrons. The van der Waals surface area contributed by atoms with E-state index in [4.69, 9.17) is 4.42 Å². The highest BCUT2D eigenvalue weighted by Gasteiger charge is 2.28. The van der Waals surface area contributed by atoms with Crippen LogP contribution in [0.4, 0.5) is 23.2 Å². The molecule has 0 bridgehead atoms. The second-order valence-electron chi connectivity index (χ2n) is 4.92. The third-order valence-corrected chi connectivity index (χ3v) is 3.33. The number of para-hydroxylation sites is 2. The molecule has 0 fully saturated rings. The van der Waals surface area contributed by atoms with E-state index in [1.807, 2.05) is 0 Å². The Labute approximate surface area is 128 Å². The average Bonchev–Trinajstić information content (AvgIpc) is 2.98. The van der Waals surface area contributed by atoms with Crippen molar-refractivity contribution in [2.45, 2.75) is 13.3 Å². The van der Waals surface area contributed by atoms with Gasteiger partial charge in [-0.05, 0) is 18.6 Å². The van der Waals surface area contributed by atoms with Crippen LogP contribution in [0, 0.1) is 23.3 Å². The van der Waals surface area contributed by atoms with Crippen LogP contribution < -0.4 is 5.32 Å². The molecule has 23 heavy (non-hydrogen) atoms. The lowest BCUT2D eigenvalue weighted by Gasteiger charge is -2.12. The molecule has 3 aromatic rings. The van der Waals surface area contributed by atoms with E-state index in [2.05, 4.69) is 10.3 Å². The van der Waals surface area contributed by atoms with E-state index in [1.165, 1.54) is 0 Å². The van der Waals surface area contributed by atoms with Crippen LogP contribution in [-0.2, 0) is 0 Å². The molecule has 1 N–H and O–H groups in total. The van der Waals surface area contributed by atoms with Crippen molar-refractivity contribution in [1.29, 1.82) is 0 Å². The maximum absolute atomic E-state index is 14.2. The van der Waals surface area contributed by atoms with E-state index in [9.17, 15) is 17.6 Å². The molecule has 0 radical (unpaired) electrons.